The Morgan fingerprint density at radius 1 is 1.27 bits per heavy atom. The Morgan fingerprint density at radius 3 is 2.73 bits per heavy atom. The molecule has 3 aromatic rings. The van der Waals surface area contributed by atoms with Crippen molar-refractivity contribution >= 4 is 51.6 Å². The second-order valence-electron chi connectivity index (χ2n) is 7.21. The average Bonchev–Trinajstić information content (AvgIpc) is 3.36. The second-order valence-corrected chi connectivity index (χ2v) is 9.79. The second kappa shape index (κ2) is 8.13. The van der Waals surface area contributed by atoms with Gasteiger partial charge >= 0.3 is 0 Å². The number of nitrogens with zero attached hydrogens (tertiary/aromatic N) is 3. The van der Waals surface area contributed by atoms with Gasteiger partial charge in [0.25, 0.3) is 0 Å². The molecule has 0 radical (unpaired) electrons. The first-order valence-electron chi connectivity index (χ1n) is 9.60. The summed E-state index contributed by atoms with van der Waals surface area (Å²) in [5.41, 5.74) is 5.08. The number of rotatable bonds is 4. The summed E-state index contributed by atoms with van der Waals surface area (Å²) in [4.78, 5) is 13.6. The minimum atomic E-state index is -0.627. The van der Waals surface area contributed by atoms with Gasteiger partial charge in [-0.3, -0.25) is 10.2 Å². The molecule has 1 aromatic carbocycles. The molecule has 154 valence electrons. The van der Waals surface area contributed by atoms with Crippen LogP contribution in [0.5, 0.6) is 0 Å². The van der Waals surface area contributed by atoms with Crippen LogP contribution in [0.25, 0.3) is 11.8 Å². The molecule has 1 atom stereocenters. The molecule has 0 bridgehead atoms. The first kappa shape index (κ1) is 21.0. The van der Waals surface area contributed by atoms with Crippen molar-refractivity contribution in [2.75, 3.05) is 0 Å². The molecule has 5 nitrogen and oxygen atoms in total. The van der Waals surface area contributed by atoms with Crippen LogP contribution < -0.4 is 0 Å². The molecule has 2 aromatic heterocycles. The van der Waals surface area contributed by atoms with Gasteiger partial charge in [-0.05, 0) is 62.6 Å². The fourth-order valence-corrected chi connectivity index (χ4v) is 5.74. The third-order valence-electron chi connectivity index (χ3n) is 5.26. The lowest BCUT2D eigenvalue weighted by atomic mass is 10.1. The van der Waals surface area contributed by atoms with Crippen LogP contribution in [0.4, 0.5) is 0 Å². The number of carbonyl (C=O) groups excluding carboxylic acids is 1. The van der Waals surface area contributed by atoms with Gasteiger partial charge in [0.1, 0.15) is 15.9 Å². The van der Waals surface area contributed by atoms with Gasteiger partial charge in [-0.1, -0.05) is 36.4 Å². The third-order valence-corrected chi connectivity index (χ3v) is 7.79. The fraction of sp³-hybridized carbons (Fsp3) is 0.273. The Morgan fingerprint density at radius 2 is 2.03 bits per heavy atom. The van der Waals surface area contributed by atoms with Crippen molar-refractivity contribution in [2.45, 2.75) is 40.0 Å². The van der Waals surface area contributed by atoms with Gasteiger partial charge in [0.05, 0.1) is 9.95 Å². The van der Waals surface area contributed by atoms with Crippen LogP contribution in [0, 0.1) is 26.2 Å². The summed E-state index contributed by atoms with van der Waals surface area (Å²) in [6, 6.07) is 7.93. The molecule has 1 aliphatic heterocycles. The van der Waals surface area contributed by atoms with Crippen molar-refractivity contribution in [1.82, 2.24) is 14.8 Å². The maximum absolute atomic E-state index is 13.1. The lowest BCUT2D eigenvalue weighted by molar-refractivity contribution is -0.114. The van der Waals surface area contributed by atoms with Gasteiger partial charge in [0, 0.05) is 22.1 Å². The normalized spacial score (nSPS) is 18.0. The number of hydrogen-bond donors (Lipinski definition) is 1. The Labute approximate surface area is 188 Å². The van der Waals surface area contributed by atoms with E-state index >= 15 is 0 Å². The monoisotopic (exact) mass is 456 g/mol. The van der Waals surface area contributed by atoms with E-state index in [0.29, 0.717) is 15.0 Å². The maximum atomic E-state index is 13.1. The summed E-state index contributed by atoms with van der Waals surface area (Å²) in [7, 11) is 0. The van der Waals surface area contributed by atoms with Gasteiger partial charge in [-0.2, -0.15) is 0 Å². The first-order chi connectivity index (χ1) is 14.3. The zero-order chi connectivity index (χ0) is 21.6. The number of carbonyl (C=O) groups is 1. The van der Waals surface area contributed by atoms with E-state index in [2.05, 4.69) is 20.8 Å². The highest BCUT2D eigenvalue weighted by molar-refractivity contribution is 8.19. The van der Waals surface area contributed by atoms with Crippen LogP contribution in [0.2, 0.25) is 5.02 Å². The number of hydrogen-bond acceptors (Lipinski definition) is 6. The number of nitrogens with one attached hydrogen (secondary N) is 1. The first-order valence-corrected chi connectivity index (χ1v) is 11.6. The molecule has 3 heterocycles. The molecule has 1 N–H and O–H groups in total. The van der Waals surface area contributed by atoms with Crippen molar-refractivity contribution < 1.29 is 4.79 Å². The number of Topliss-reactive ketones (excluding diaryl/α,β-unsaturated/α-hetero) is 1. The van der Waals surface area contributed by atoms with E-state index in [1.807, 2.05) is 52.0 Å². The SMILES string of the molecule is CCc1nnc([C@H]2C(=N)S/C(=C\c3cc(C)n(-c4cccc(Cl)c4C)c3C)C2=O)s1. The predicted molar refractivity (Wildman–Crippen MR) is 125 cm³/mol. The minimum absolute atomic E-state index is 0.0763. The topological polar surface area (TPSA) is 71.6 Å². The molecule has 0 aliphatic carbocycles. The number of thioether (sulfide) groups is 1. The highest BCUT2D eigenvalue weighted by Gasteiger charge is 2.39. The van der Waals surface area contributed by atoms with Crippen molar-refractivity contribution in [3.63, 3.8) is 0 Å². The predicted octanol–water partition coefficient (Wildman–Crippen LogP) is 5.89. The van der Waals surface area contributed by atoms with E-state index < -0.39 is 5.92 Å². The molecule has 4 rings (SSSR count). The number of halogens is 1. The number of aryl methyl sites for hydroxylation is 2. The van der Waals surface area contributed by atoms with E-state index in [4.69, 9.17) is 17.0 Å². The van der Waals surface area contributed by atoms with Crippen molar-refractivity contribution in [2.24, 2.45) is 0 Å². The van der Waals surface area contributed by atoms with Crippen molar-refractivity contribution in [1.29, 1.82) is 5.41 Å². The number of aromatic nitrogens is 3. The molecule has 30 heavy (non-hydrogen) atoms. The smallest absolute Gasteiger partial charge is 0.186 e. The molecule has 8 heteroatoms. The minimum Gasteiger partial charge on any atom is -0.318 e. The molecular formula is C22H21ClN4OS2. The Bertz CT molecular complexity index is 1210. The number of benzene rings is 1. The van der Waals surface area contributed by atoms with E-state index in [9.17, 15) is 4.79 Å². The van der Waals surface area contributed by atoms with Crippen LogP contribution in [0.15, 0.2) is 29.2 Å². The van der Waals surface area contributed by atoms with Gasteiger partial charge in [-0.25, -0.2) is 0 Å². The van der Waals surface area contributed by atoms with Crippen molar-refractivity contribution in [3.05, 3.63) is 66.7 Å². The Hall–Kier alpha value is -2.22. The fourth-order valence-electron chi connectivity index (χ4n) is 3.62. The molecule has 0 saturated carbocycles. The zero-order valence-electron chi connectivity index (χ0n) is 17.1. The van der Waals surface area contributed by atoms with Crippen LogP contribution in [-0.2, 0) is 11.2 Å². The molecule has 0 unspecified atom stereocenters. The van der Waals surface area contributed by atoms with Crippen LogP contribution in [0.1, 0.15) is 45.4 Å². The van der Waals surface area contributed by atoms with Gasteiger partial charge in [0.2, 0.25) is 0 Å². The lowest BCUT2D eigenvalue weighted by Crippen LogP contribution is -2.11. The number of ketones is 1. The van der Waals surface area contributed by atoms with Crippen LogP contribution >= 0.6 is 34.7 Å². The summed E-state index contributed by atoms with van der Waals surface area (Å²) in [6.07, 6.45) is 2.67. The maximum Gasteiger partial charge on any atom is 0.186 e. The molecular weight excluding hydrogens is 436 g/mol. The quantitative estimate of drug-likeness (QED) is 0.497. The largest absolute Gasteiger partial charge is 0.318 e. The molecule has 1 saturated heterocycles. The summed E-state index contributed by atoms with van der Waals surface area (Å²) < 4.78 is 2.15. The van der Waals surface area contributed by atoms with E-state index in [1.54, 1.807) is 0 Å². The summed E-state index contributed by atoms with van der Waals surface area (Å²) in [5.74, 6) is -0.703. The Balaban J connectivity index is 1.71. The summed E-state index contributed by atoms with van der Waals surface area (Å²) >= 11 is 8.96. The van der Waals surface area contributed by atoms with Gasteiger partial charge in [-0.15, -0.1) is 21.5 Å². The van der Waals surface area contributed by atoms with Gasteiger partial charge < -0.3 is 4.57 Å². The molecule has 0 spiro atoms. The van der Waals surface area contributed by atoms with E-state index in [-0.39, 0.29) is 5.78 Å². The van der Waals surface area contributed by atoms with Crippen LogP contribution in [0.3, 0.4) is 0 Å². The lowest BCUT2D eigenvalue weighted by Gasteiger charge is -2.13. The Kier molecular flexibility index (Phi) is 5.70. The van der Waals surface area contributed by atoms with Crippen molar-refractivity contribution in [3.8, 4) is 5.69 Å². The molecule has 1 aliphatic rings. The van der Waals surface area contributed by atoms with Gasteiger partial charge in [0.15, 0.2) is 5.78 Å². The highest BCUT2D eigenvalue weighted by Crippen LogP contribution is 2.42. The molecule has 0 amide bonds. The molecule has 1 fully saturated rings. The standard InChI is InChI=1S/C22H21ClN4OS2/c1-5-18-25-26-22(30-18)19-20(28)17(29-21(19)24)10-14-9-11(2)27(13(14)4)16-8-6-7-15(23)12(16)3/h6-10,19,24H,5H2,1-4H3/b17-10-,24-21?/t19-/m1/s1. The summed E-state index contributed by atoms with van der Waals surface area (Å²) in [5, 5.41) is 19.1. The third kappa shape index (κ3) is 3.55. The number of allylic oxidation sites excluding steroid dienone is 1. The zero-order valence-corrected chi connectivity index (χ0v) is 19.5. The van der Waals surface area contributed by atoms with Crippen LogP contribution in [-0.4, -0.2) is 25.6 Å². The average molecular weight is 457 g/mol. The van der Waals surface area contributed by atoms with E-state index in [1.165, 1.54) is 23.1 Å². The highest BCUT2D eigenvalue weighted by atomic mass is 35.5. The summed E-state index contributed by atoms with van der Waals surface area (Å²) in [6.45, 7) is 8.08. The van der Waals surface area contributed by atoms with E-state index in [0.717, 1.165) is 44.7 Å².